The zero-order valence-electron chi connectivity index (χ0n) is 11.7. The maximum absolute atomic E-state index is 12.2. The summed E-state index contributed by atoms with van der Waals surface area (Å²) < 4.78 is 10.7. The molecule has 0 unspecified atom stereocenters. The van der Waals surface area contributed by atoms with Crippen LogP contribution in [0.2, 0.25) is 0 Å². The average Bonchev–Trinajstić information content (AvgIpc) is 3.01. The predicted molar refractivity (Wildman–Crippen MR) is 76.6 cm³/mol. The Morgan fingerprint density at radius 2 is 2.05 bits per heavy atom. The number of carboxylic acids is 1. The Balaban J connectivity index is 1.57. The molecule has 22 heavy (non-hydrogen) atoms. The van der Waals surface area contributed by atoms with Crippen LogP contribution in [0.5, 0.6) is 5.75 Å². The number of carbonyl (C=O) groups excluding carboxylic acids is 1. The molecule has 1 aliphatic rings. The Bertz CT molecular complexity index is 706. The fourth-order valence-corrected chi connectivity index (χ4v) is 2.40. The summed E-state index contributed by atoms with van der Waals surface area (Å²) in [5.41, 5.74) is 1.01. The second kappa shape index (κ2) is 5.93. The molecule has 0 radical (unpaired) electrons. The maximum atomic E-state index is 12.2. The second-order valence-electron chi connectivity index (χ2n) is 5.11. The highest BCUT2D eigenvalue weighted by Gasteiger charge is 2.25. The first-order chi connectivity index (χ1) is 10.6. The number of amides is 1. The van der Waals surface area contributed by atoms with Crippen LogP contribution in [0.15, 0.2) is 40.8 Å². The van der Waals surface area contributed by atoms with Crippen molar-refractivity contribution >= 4 is 11.9 Å². The van der Waals surface area contributed by atoms with Gasteiger partial charge in [-0.15, -0.1) is 0 Å². The summed E-state index contributed by atoms with van der Waals surface area (Å²) in [5.74, 6) is -0.438. The Labute approximate surface area is 126 Å². The molecule has 0 aliphatic carbocycles. The molecule has 114 valence electrons. The topological polar surface area (TPSA) is 88.8 Å². The van der Waals surface area contributed by atoms with Gasteiger partial charge in [0.05, 0.1) is 12.5 Å². The standard InChI is InChI=1S/C16H15NO5/c18-15(17-8-12-5-6-14(22-12)16(19)20)11-7-10-3-1-2-4-13(10)21-9-11/h1-6,11H,7-9H2,(H,17,18)(H,19,20)/t11-/m1/s1. The molecular weight excluding hydrogens is 286 g/mol. The number of ether oxygens (including phenoxy) is 1. The van der Waals surface area contributed by atoms with Crippen molar-refractivity contribution in [2.24, 2.45) is 5.92 Å². The van der Waals surface area contributed by atoms with Crippen LogP contribution in [0.4, 0.5) is 0 Å². The van der Waals surface area contributed by atoms with E-state index in [1.807, 2.05) is 24.3 Å². The largest absolute Gasteiger partial charge is 0.492 e. The van der Waals surface area contributed by atoms with Gasteiger partial charge in [0.1, 0.15) is 18.1 Å². The lowest BCUT2D eigenvalue weighted by Gasteiger charge is -2.24. The van der Waals surface area contributed by atoms with E-state index < -0.39 is 5.97 Å². The van der Waals surface area contributed by atoms with E-state index in [-0.39, 0.29) is 24.1 Å². The van der Waals surface area contributed by atoms with Gasteiger partial charge < -0.3 is 19.6 Å². The van der Waals surface area contributed by atoms with Crippen LogP contribution in [-0.4, -0.2) is 23.6 Å². The normalized spacial score (nSPS) is 16.5. The van der Waals surface area contributed by atoms with Crippen LogP contribution in [0.1, 0.15) is 21.9 Å². The fourth-order valence-electron chi connectivity index (χ4n) is 2.40. The van der Waals surface area contributed by atoms with Gasteiger partial charge in [0.2, 0.25) is 11.7 Å². The van der Waals surface area contributed by atoms with E-state index in [4.69, 9.17) is 14.3 Å². The third-order valence-corrected chi connectivity index (χ3v) is 3.56. The van der Waals surface area contributed by atoms with Crippen LogP contribution in [0.3, 0.4) is 0 Å². The number of para-hydroxylation sites is 1. The van der Waals surface area contributed by atoms with Gasteiger partial charge in [-0.1, -0.05) is 18.2 Å². The molecule has 1 amide bonds. The highest BCUT2D eigenvalue weighted by atomic mass is 16.5. The lowest BCUT2D eigenvalue weighted by Crippen LogP contribution is -2.36. The van der Waals surface area contributed by atoms with E-state index in [0.29, 0.717) is 18.8 Å². The van der Waals surface area contributed by atoms with Crippen molar-refractivity contribution in [3.8, 4) is 5.75 Å². The number of carboxylic acid groups (broad SMARTS) is 1. The maximum Gasteiger partial charge on any atom is 0.371 e. The molecule has 2 aromatic rings. The Morgan fingerprint density at radius 1 is 1.23 bits per heavy atom. The summed E-state index contributed by atoms with van der Waals surface area (Å²) in [4.78, 5) is 22.9. The van der Waals surface area contributed by atoms with Crippen molar-refractivity contribution in [1.82, 2.24) is 5.32 Å². The van der Waals surface area contributed by atoms with Gasteiger partial charge in [-0.3, -0.25) is 4.79 Å². The third-order valence-electron chi connectivity index (χ3n) is 3.56. The smallest absolute Gasteiger partial charge is 0.371 e. The highest BCUT2D eigenvalue weighted by Crippen LogP contribution is 2.26. The zero-order valence-corrected chi connectivity index (χ0v) is 11.7. The van der Waals surface area contributed by atoms with Gasteiger partial charge >= 0.3 is 5.97 Å². The first-order valence-corrected chi connectivity index (χ1v) is 6.94. The molecule has 0 saturated carbocycles. The molecule has 6 nitrogen and oxygen atoms in total. The molecule has 1 atom stereocenters. The number of hydrogen-bond acceptors (Lipinski definition) is 4. The molecule has 1 aliphatic heterocycles. The monoisotopic (exact) mass is 301 g/mol. The summed E-state index contributed by atoms with van der Waals surface area (Å²) in [7, 11) is 0. The fraction of sp³-hybridized carbons (Fsp3) is 0.250. The van der Waals surface area contributed by atoms with Crippen molar-refractivity contribution in [1.29, 1.82) is 0 Å². The number of aromatic carboxylic acids is 1. The van der Waals surface area contributed by atoms with E-state index in [2.05, 4.69) is 5.32 Å². The van der Waals surface area contributed by atoms with Crippen molar-refractivity contribution in [2.45, 2.75) is 13.0 Å². The molecule has 2 N–H and O–H groups in total. The predicted octanol–water partition coefficient (Wildman–Crippen LogP) is 1.85. The Morgan fingerprint density at radius 3 is 2.82 bits per heavy atom. The van der Waals surface area contributed by atoms with Gasteiger partial charge in [-0.05, 0) is 30.2 Å². The molecule has 3 rings (SSSR count). The number of hydrogen-bond donors (Lipinski definition) is 2. The van der Waals surface area contributed by atoms with E-state index >= 15 is 0 Å². The number of fused-ring (bicyclic) bond motifs is 1. The molecule has 6 heteroatoms. The van der Waals surface area contributed by atoms with Crippen LogP contribution in [0.25, 0.3) is 0 Å². The number of carbonyl (C=O) groups is 2. The molecule has 2 heterocycles. The minimum Gasteiger partial charge on any atom is -0.492 e. The second-order valence-corrected chi connectivity index (χ2v) is 5.11. The van der Waals surface area contributed by atoms with Crippen LogP contribution in [0, 0.1) is 5.92 Å². The summed E-state index contributed by atoms with van der Waals surface area (Å²) in [6.07, 6.45) is 0.626. The minimum absolute atomic E-state index is 0.136. The molecular formula is C16H15NO5. The van der Waals surface area contributed by atoms with E-state index in [9.17, 15) is 9.59 Å². The van der Waals surface area contributed by atoms with E-state index in [1.165, 1.54) is 12.1 Å². The van der Waals surface area contributed by atoms with Crippen molar-refractivity contribution in [3.05, 3.63) is 53.5 Å². The quantitative estimate of drug-likeness (QED) is 0.899. The summed E-state index contributed by atoms with van der Waals surface area (Å²) >= 11 is 0. The average molecular weight is 301 g/mol. The summed E-state index contributed by atoms with van der Waals surface area (Å²) in [6, 6.07) is 10.6. The van der Waals surface area contributed by atoms with Crippen LogP contribution >= 0.6 is 0 Å². The van der Waals surface area contributed by atoms with Crippen LogP contribution < -0.4 is 10.1 Å². The Hall–Kier alpha value is -2.76. The number of rotatable bonds is 4. The zero-order chi connectivity index (χ0) is 15.5. The Kier molecular flexibility index (Phi) is 3.82. The third kappa shape index (κ3) is 2.95. The molecule has 0 spiro atoms. The van der Waals surface area contributed by atoms with Crippen LogP contribution in [-0.2, 0) is 17.8 Å². The lowest BCUT2D eigenvalue weighted by molar-refractivity contribution is -0.126. The van der Waals surface area contributed by atoms with Crippen molar-refractivity contribution in [2.75, 3.05) is 6.61 Å². The van der Waals surface area contributed by atoms with Gasteiger partial charge in [-0.25, -0.2) is 4.79 Å². The van der Waals surface area contributed by atoms with Crippen molar-refractivity contribution in [3.63, 3.8) is 0 Å². The molecule has 1 aromatic heterocycles. The van der Waals surface area contributed by atoms with Gasteiger partial charge in [0, 0.05) is 0 Å². The number of benzene rings is 1. The SMILES string of the molecule is O=C(O)c1ccc(CNC(=O)[C@H]2COc3ccccc3C2)o1. The lowest BCUT2D eigenvalue weighted by atomic mass is 9.96. The molecule has 1 aromatic carbocycles. The van der Waals surface area contributed by atoms with Gasteiger partial charge in [0.15, 0.2) is 0 Å². The first kappa shape index (κ1) is 14.2. The number of furan rings is 1. The highest BCUT2D eigenvalue weighted by molar-refractivity contribution is 5.84. The van der Waals surface area contributed by atoms with Gasteiger partial charge in [0.25, 0.3) is 0 Å². The summed E-state index contributed by atoms with van der Waals surface area (Å²) in [6.45, 7) is 0.492. The van der Waals surface area contributed by atoms with Gasteiger partial charge in [-0.2, -0.15) is 0 Å². The first-order valence-electron chi connectivity index (χ1n) is 6.94. The number of nitrogens with one attached hydrogen (secondary N) is 1. The molecule has 0 fully saturated rings. The van der Waals surface area contributed by atoms with E-state index in [0.717, 1.165) is 11.3 Å². The molecule has 0 bridgehead atoms. The molecule has 0 saturated heterocycles. The van der Waals surface area contributed by atoms with Crippen molar-refractivity contribution < 1.29 is 23.8 Å². The van der Waals surface area contributed by atoms with E-state index in [1.54, 1.807) is 0 Å². The minimum atomic E-state index is -1.13. The summed E-state index contributed by atoms with van der Waals surface area (Å²) in [5, 5.41) is 11.5.